The minimum Gasteiger partial charge on any atom is -0.462 e. The number of hydrogen-bond acceptors (Lipinski definition) is 9. The number of carbonyl (C=O) groups is 2. The van der Waals surface area contributed by atoms with Crippen molar-refractivity contribution in [1.82, 2.24) is 0 Å². The molecule has 0 aliphatic heterocycles. The van der Waals surface area contributed by atoms with Crippen molar-refractivity contribution in [3.8, 4) is 0 Å². The van der Waals surface area contributed by atoms with Crippen LogP contribution < -0.4 is 0 Å². The first-order chi connectivity index (χ1) is 24.7. The lowest BCUT2D eigenvalue weighted by Gasteiger charge is -2.20. The predicted octanol–water partition coefficient (Wildman–Crippen LogP) is 10.2. The molecule has 300 valence electrons. The summed E-state index contributed by atoms with van der Waals surface area (Å²) >= 11 is 0. The molecule has 0 heterocycles. The molecule has 0 aromatic heterocycles. The Labute approximate surface area is 310 Å². The summed E-state index contributed by atoms with van der Waals surface area (Å²) in [6, 6.07) is 0. The van der Waals surface area contributed by atoms with Crippen molar-refractivity contribution in [2.24, 2.45) is 0 Å². The highest BCUT2D eigenvalue weighted by Gasteiger charge is 2.27. The van der Waals surface area contributed by atoms with E-state index in [0.717, 1.165) is 51.4 Å². The quantitative estimate of drug-likeness (QED) is 0.0241. The molecule has 10 nitrogen and oxygen atoms in total. The maximum Gasteiger partial charge on any atom is 0.472 e. The van der Waals surface area contributed by atoms with Gasteiger partial charge in [0.2, 0.25) is 0 Å². The highest BCUT2D eigenvalue weighted by Crippen LogP contribution is 2.43. The number of unbranched alkanes of at least 4 members (excludes halogenated alkanes) is 20. The summed E-state index contributed by atoms with van der Waals surface area (Å²) in [5.41, 5.74) is 0. The molecule has 1 unspecified atom stereocenters. The Hall–Kier alpha value is -1.55. The zero-order chi connectivity index (χ0) is 37.7. The average molecular weight is 747 g/mol. The topological polar surface area (TPSA) is 149 Å². The summed E-state index contributed by atoms with van der Waals surface area (Å²) in [6.45, 7) is 2.33. The second-order valence-electron chi connectivity index (χ2n) is 13.7. The molecule has 0 fully saturated rings. The number of esters is 2. The predicted molar refractivity (Wildman–Crippen MR) is 205 cm³/mol. The van der Waals surface area contributed by atoms with Crippen molar-refractivity contribution in [1.29, 1.82) is 0 Å². The fourth-order valence-electron chi connectivity index (χ4n) is 5.39. The molecule has 3 N–H and O–H groups in total. The Kier molecular flexibility index (Phi) is 35.7. The number of carbonyl (C=O) groups excluding carboxylic acids is 2. The number of aliphatic hydroxyl groups excluding tert-OH is 2. The molecule has 0 radical (unpaired) electrons. The molecule has 51 heavy (non-hydrogen) atoms. The van der Waals surface area contributed by atoms with E-state index < -0.39 is 51.8 Å². The van der Waals surface area contributed by atoms with Crippen LogP contribution in [0.4, 0.5) is 0 Å². The van der Waals surface area contributed by atoms with E-state index >= 15 is 0 Å². The van der Waals surface area contributed by atoms with Crippen molar-refractivity contribution in [2.45, 2.75) is 193 Å². The highest BCUT2D eigenvalue weighted by atomic mass is 31.2. The van der Waals surface area contributed by atoms with Gasteiger partial charge in [0.15, 0.2) is 6.10 Å². The summed E-state index contributed by atoms with van der Waals surface area (Å²) in [5.74, 6) is -0.960. The lowest BCUT2D eigenvalue weighted by atomic mass is 10.1. The number of hydrogen-bond donors (Lipinski definition) is 3. The molecule has 0 aliphatic carbocycles. The third kappa shape index (κ3) is 36.6. The second kappa shape index (κ2) is 36.8. The second-order valence-corrected chi connectivity index (χ2v) is 15.1. The molecule has 3 atom stereocenters. The Morgan fingerprint density at radius 2 is 0.961 bits per heavy atom. The number of allylic oxidation sites excluding steroid dienone is 4. The highest BCUT2D eigenvalue weighted by molar-refractivity contribution is 7.47. The van der Waals surface area contributed by atoms with Gasteiger partial charge in [0, 0.05) is 12.8 Å². The maximum absolute atomic E-state index is 12.6. The van der Waals surface area contributed by atoms with Gasteiger partial charge in [0.1, 0.15) is 12.7 Å². The number of phosphoric ester groups is 1. The largest absolute Gasteiger partial charge is 0.472 e. The van der Waals surface area contributed by atoms with E-state index in [2.05, 4.69) is 42.7 Å². The van der Waals surface area contributed by atoms with Gasteiger partial charge in [0.05, 0.1) is 19.8 Å². The monoisotopic (exact) mass is 747 g/mol. The molecule has 0 aromatic carbocycles. The van der Waals surface area contributed by atoms with Crippen molar-refractivity contribution in [3.05, 3.63) is 24.3 Å². The zero-order valence-electron chi connectivity index (χ0n) is 32.3. The van der Waals surface area contributed by atoms with E-state index in [9.17, 15) is 24.2 Å². The summed E-state index contributed by atoms with van der Waals surface area (Å²) in [4.78, 5) is 34.8. The van der Waals surface area contributed by atoms with Gasteiger partial charge in [-0.3, -0.25) is 18.6 Å². The Bertz CT molecular complexity index is 910. The number of aliphatic hydroxyl groups is 2. The molecule has 0 saturated heterocycles. The van der Waals surface area contributed by atoms with E-state index in [1.807, 2.05) is 0 Å². The van der Waals surface area contributed by atoms with E-state index in [1.54, 1.807) is 0 Å². The number of ether oxygens (including phenoxy) is 2. The van der Waals surface area contributed by atoms with Gasteiger partial charge in [-0.25, -0.2) is 4.57 Å². The first kappa shape index (κ1) is 49.5. The van der Waals surface area contributed by atoms with Crippen molar-refractivity contribution in [3.63, 3.8) is 0 Å². The van der Waals surface area contributed by atoms with Gasteiger partial charge >= 0.3 is 19.8 Å². The maximum atomic E-state index is 12.6. The zero-order valence-corrected chi connectivity index (χ0v) is 33.2. The molecular weight excluding hydrogens is 671 g/mol. The third-order valence-electron chi connectivity index (χ3n) is 8.58. The van der Waals surface area contributed by atoms with Crippen LogP contribution in [0.1, 0.15) is 181 Å². The van der Waals surface area contributed by atoms with Crippen LogP contribution >= 0.6 is 7.82 Å². The van der Waals surface area contributed by atoms with Gasteiger partial charge in [-0.1, -0.05) is 128 Å². The van der Waals surface area contributed by atoms with Gasteiger partial charge in [0.25, 0.3) is 0 Å². The summed E-state index contributed by atoms with van der Waals surface area (Å²) < 4.78 is 32.6. The fourth-order valence-corrected chi connectivity index (χ4v) is 6.18. The summed E-state index contributed by atoms with van der Waals surface area (Å²) in [6.07, 6.45) is 34.3. The SMILES string of the molecule is CCCCCCCC/C=C/CCCCCC(=O)OC[C@H](COP(=O)(O)OC[C@@H](O)CO)OC(=O)CCCCC/C=C/CCCCCCCCCC. The Morgan fingerprint density at radius 3 is 1.41 bits per heavy atom. The lowest BCUT2D eigenvalue weighted by molar-refractivity contribution is -0.161. The van der Waals surface area contributed by atoms with Gasteiger partial charge in [-0.15, -0.1) is 0 Å². The fraction of sp³-hybridized carbons (Fsp3) is 0.850. The van der Waals surface area contributed by atoms with E-state index in [0.29, 0.717) is 12.8 Å². The van der Waals surface area contributed by atoms with E-state index in [-0.39, 0.29) is 19.4 Å². The smallest absolute Gasteiger partial charge is 0.462 e. The van der Waals surface area contributed by atoms with Crippen LogP contribution in [-0.2, 0) is 32.7 Å². The van der Waals surface area contributed by atoms with Crippen LogP contribution in [0, 0.1) is 0 Å². The lowest BCUT2D eigenvalue weighted by Crippen LogP contribution is -2.29. The van der Waals surface area contributed by atoms with Crippen LogP contribution in [0.5, 0.6) is 0 Å². The molecular formula is C40H75O10P. The minimum absolute atomic E-state index is 0.162. The summed E-state index contributed by atoms with van der Waals surface area (Å²) in [5, 5.41) is 18.3. The molecule has 0 aliphatic rings. The minimum atomic E-state index is -4.62. The van der Waals surface area contributed by atoms with Gasteiger partial charge in [-0.2, -0.15) is 0 Å². The molecule has 0 rings (SSSR count). The standard InChI is InChI=1S/C40H75O10P/c1-3-5-7-9-11-13-15-17-18-20-22-24-26-28-30-32-40(44)50-38(36-49-51(45,46)48-34-37(42)33-41)35-47-39(43)31-29-27-25-23-21-19-16-14-12-10-8-6-4-2/h19-22,37-38,41-42H,3-18,23-36H2,1-2H3,(H,45,46)/b21-19+,22-20+/t37-,38+/m0/s1. The molecule has 0 aromatic rings. The molecule has 0 spiro atoms. The van der Waals surface area contributed by atoms with E-state index in [1.165, 1.54) is 89.9 Å². The number of phosphoric acid groups is 1. The van der Waals surface area contributed by atoms with Crippen LogP contribution in [0.15, 0.2) is 24.3 Å². The molecule has 11 heteroatoms. The number of rotatable bonds is 38. The summed E-state index contributed by atoms with van der Waals surface area (Å²) in [7, 11) is -4.62. The van der Waals surface area contributed by atoms with Crippen LogP contribution in [0.25, 0.3) is 0 Å². The van der Waals surface area contributed by atoms with Gasteiger partial charge in [-0.05, 0) is 64.2 Å². The molecule has 0 bridgehead atoms. The Balaban J connectivity index is 4.38. The normalized spacial score (nSPS) is 14.2. The average Bonchev–Trinajstić information content (AvgIpc) is 3.12. The first-order valence-electron chi connectivity index (χ1n) is 20.3. The molecule has 0 saturated carbocycles. The van der Waals surface area contributed by atoms with Crippen molar-refractivity contribution in [2.75, 3.05) is 26.4 Å². The third-order valence-corrected chi connectivity index (χ3v) is 9.53. The van der Waals surface area contributed by atoms with Crippen molar-refractivity contribution < 1.29 is 47.8 Å². The van der Waals surface area contributed by atoms with Crippen LogP contribution in [-0.4, -0.2) is 65.7 Å². The van der Waals surface area contributed by atoms with Gasteiger partial charge < -0.3 is 24.6 Å². The van der Waals surface area contributed by atoms with Crippen LogP contribution in [0.2, 0.25) is 0 Å². The van der Waals surface area contributed by atoms with E-state index in [4.69, 9.17) is 19.1 Å². The molecule has 0 amide bonds. The first-order valence-corrected chi connectivity index (χ1v) is 21.8. The van der Waals surface area contributed by atoms with Crippen molar-refractivity contribution >= 4 is 19.8 Å². The van der Waals surface area contributed by atoms with Crippen LogP contribution in [0.3, 0.4) is 0 Å². The Morgan fingerprint density at radius 1 is 0.569 bits per heavy atom.